The van der Waals surface area contributed by atoms with Crippen LogP contribution in [0, 0.1) is 19.8 Å². The van der Waals surface area contributed by atoms with Gasteiger partial charge in [0.15, 0.2) is 0 Å². The van der Waals surface area contributed by atoms with E-state index in [-0.39, 0.29) is 0 Å². The van der Waals surface area contributed by atoms with Crippen molar-refractivity contribution in [1.82, 2.24) is 14.9 Å². The number of nitrogens with one attached hydrogen (secondary N) is 1. The predicted molar refractivity (Wildman–Crippen MR) is 98.9 cm³/mol. The fraction of sp³-hybridized carbons (Fsp3) is 0.500. The highest BCUT2D eigenvalue weighted by Gasteiger charge is 2.16. The Hall–Kier alpha value is -1.94. The van der Waals surface area contributed by atoms with Crippen LogP contribution in [0.1, 0.15) is 42.3 Å². The van der Waals surface area contributed by atoms with Gasteiger partial charge in [0.05, 0.1) is 0 Å². The Balaban J connectivity index is 1.65. The lowest BCUT2D eigenvalue weighted by Gasteiger charge is -2.30. The molecule has 0 bridgehead atoms. The summed E-state index contributed by atoms with van der Waals surface area (Å²) in [5, 5.41) is 3.39. The van der Waals surface area contributed by atoms with E-state index in [2.05, 4.69) is 51.4 Å². The van der Waals surface area contributed by atoms with E-state index >= 15 is 0 Å². The molecule has 0 atom stereocenters. The van der Waals surface area contributed by atoms with Gasteiger partial charge in [-0.2, -0.15) is 0 Å². The molecule has 0 amide bonds. The molecule has 1 fully saturated rings. The maximum absolute atomic E-state index is 4.47. The number of likely N-dealkylation sites (tertiary alicyclic amines) is 1. The van der Waals surface area contributed by atoms with Crippen molar-refractivity contribution in [2.45, 2.75) is 46.7 Å². The Labute approximate surface area is 145 Å². The first-order valence-corrected chi connectivity index (χ1v) is 8.95. The second kappa shape index (κ2) is 7.75. The molecule has 0 radical (unpaired) electrons. The fourth-order valence-corrected chi connectivity index (χ4v) is 3.32. The summed E-state index contributed by atoms with van der Waals surface area (Å²) < 4.78 is 0. The highest BCUT2D eigenvalue weighted by molar-refractivity contribution is 5.33. The zero-order chi connectivity index (χ0) is 16.9. The largest absolute Gasteiger partial charge is 0.350 e. The third-order valence-electron chi connectivity index (χ3n) is 4.81. The Morgan fingerprint density at radius 3 is 2.33 bits per heavy atom. The third-order valence-corrected chi connectivity index (χ3v) is 4.81. The van der Waals surface area contributed by atoms with Crippen LogP contribution in [0.25, 0.3) is 0 Å². The number of rotatable bonds is 5. The van der Waals surface area contributed by atoms with E-state index in [1.54, 1.807) is 0 Å². The summed E-state index contributed by atoms with van der Waals surface area (Å²) in [7, 11) is 0. The molecule has 128 valence electrons. The molecule has 1 N–H and O–H groups in total. The zero-order valence-electron chi connectivity index (χ0n) is 15.0. The first kappa shape index (κ1) is 16.9. The van der Waals surface area contributed by atoms with Crippen molar-refractivity contribution < 1.29 is 0 Å². The van der Waals surface area contributed by atoms with Crippen molar-refractivity contribution in [3.63, 3.8) is 0 Å². The van der Waals surface area contributed by atoms with E-state index in [0.717, 1.165) is 30.4 Å². The number of nitrogens with zero attached hydrogens (tertiary/aromatic N) is 3. The van der Waals surface area contributed by atoms with Crippen LogP contribution in [0.15, 0.2) is 30.3 Å². The number of aromatic nitrogens is 2. The van der Waals surface area contributed by atoms with Crippen molar-refractivity contribution in [1.29, 1.82) is 0 Å². The molecular weight excluding hydrogens is 296 g/mol. The molecular formula is C20H28N4. The minimum atomic E-state index is 0.717. The summed E-state index contributed by atoms with van der Waals surface area (Å²) in [6.07, 6.45) is 2.63. The van der Waals surface area contributed by atoms with Gasteiger partial charge in [0.2, 0.25) is 5.95 Å². The van der Waals surface area contributed by atoms with Crippen LogP contribution in [-0.4, -0.2) is 28.0 Å². The molecule has 1 aliphatic heterocycles. The van der Waals surface area contributed by atoms with Gasteiger partial charge >= 0.3 is 0 Å². The van der Waals surface area contributed by atoms with Gasteiger partial charge in [0.1, 0.15) is 0 Å². The number of hydrogen-bond acceptors (Lipinski definition) is 4. The number of aryl methyl sites for hydroxylation is 2. The first-order chi connectivity index (χ1) is 11.6. The van der Waals surface area contributed by atoms with Gasteiger partial charge in [-0.25, -0.2) is 9.97 Å². The molecule has 2 aromatic rings. The smallest absolute Gasteiger partial charge is 0.223 e. The van der Waals surface area contributed by atoms with E-state index in [0.29, 0.717) is 5.95 Å². The van der Waals surface area contributed by atoms with Crippen LogP contribution >= 0.6 is 0 Å². The molecule has 24 heavy (non-hydrogen) atoms. The Kier molecular flexibility index (Phi) is 5.46. The predicted octanol–water partition coefficient (Wildman–Crippen LogP) is 3.94. The topological polar surface area (TPSA) is 41.1 Å². The normalized spacial score (nSPS) is 16.3. The molecule has 1 aromatic heterocycles. The summed E-state index contributed by atoms with van der Waals surface area (Å²) >= 11 is 0. The zero-order valence-corrected chi connectivity index (χ0v) is 15.0. The van der Waals surface area contributed by atoms with Gasteiger partial charge in [-0.1, -0.05) is 31.2 Å². The molecule has 2 heterocycles. The summed E-state index contributed by atoms with van der Waals surface area (Å²) in [6.45, 7) is 10.6. The molecule has 1 aliphatic rings. The fourth-order valence-electron chi connectivity index (χ4n) is 3.32. The van der Waals surface area contributed by atoms with Crippen molar-refractivity contribution >= 4 is 5.95 Å². The average molecular weight is 324 g/mol. The molecule has 1 saturated heterocycles. The summed E-state index contributed by atoms with van der Waals surface area (Å²) in [5.41, 5.74) is 4.74. The second-order valence-electron chi connectivity index (χ2n) is 7.06. The van der Waals surface area contributed by atoms with Crippen LogP contribution in [0.4, 0.5) is 5.95 Å². The molecule has 0 aliphatic carbocycles. The lowest BCUT2D eigenvalue weighted by Crippen LogP contribution is -2.32. The maximum atomic E-state index is 4.47. The Bertz CT molecular complexity index is 655. The molecule has 1 aromatic carbocycles. The highest BCUT2D eigenvalue weighted by atomic mass is 15.1. The summed E-state index contributed by atoms with van der Waals surface area (Å²) in [5.74, 6) is 1.59. The SMILES string of the molecule is Cc1cc(C)nc(NCc2ccccc2CN2CCC(C)CC2)n1. The van der Waals surface area contributed by atoms with E-state index in [1.165, 1.54) is 37.1 Å². The molecule has 0 saturated carbocycles. The van der Waals surface area contributed by atoms with Crippen molar-refractivity contribution in [3.8, 4) is 0 Å². The van der Waals surface area contributed by atoms with Crippen LogP contribution in [0.2, 0.25) is 0 Å². The van der Waals surface area contributed by atoms with Crippen molar-refractivity contribution in [3.05, 3.63) is 52.8 Å². The van der Waals surface area contributed by atoms with Gasteiger partial charge in [0.25, 0.3) is 0 Å². The van der Waals surface area contributed by atoms with Crippen molar-refractivity contribution in [2.24, 2.45) is 5.92 Å². The molecule has 0 spiro atoms. The van der Waals surface area contributed by atoms with E-state index in [9.17, 15) is 0 Å². The minimum absolute atomic E-state index is 0.717. The van der Waals surface area contributed by atoms with Gasteiger partial charge in [0, 0.05) is 24.5 Å². The number of benzene rings is 1. The van der Waals surface area contributed by atoms with Crippen LogP contribution in [-0.2, 0) is 13.1 Å². The van der Waals surface area contributed by atoms with E-state index in [4.69, 9.17) is 0 Å². The average Bonchev–Trinajstić information content (AvgIpc) is 2.55. The lowest BCUT2D eigenvalue weighted by atomic mass is 9.98. The monoisotopic (exact) mass is 324 g/mol. The lowest BCUT2D eigenvalue weighted by molar-refractivity contribution is 0.185. The second-order valence-corrected chi connectivity index (χ2v) is 7.06. The third kappa shape index (κ3) is 4.54. The maximum Gasteiger partial charge on any atom is 0.223 e. The van der Waals surface area contributed by atoms with Crippen LogP contribution < -0.4 is 5.32 Å². The van der Waals surface area contributed by atoms with Gasteiger partial charge in [-0.15, -0.1) is 0 Å². The van der Waals surface area contributed by atoms with E-state index in [1.807, 2.05) is 19.9 Å². The molecule has 0 unspecified atom stereocenters. The number of piperidine rings is 1. The van der Waals surface area contributed by atoms with Crippen LogP contribution in [0.5, 0.6) is 0 Å². The van der Waals surface area contributed by atoms with Crippen molar-refractivity contribution in [2.75, 3.05) is 18.4 Å². The Morgan fingerprint density at radius 2 is 1.67 bits per heavy atom. The molecule has 3 rings (SSSR count). The standard InChI is InChI=1S/C20H28N4/c1-15-8-10-24(11-9-15)14-19-7-5-4-6-18(19)13-21-20-22-16(2)12-17(3)23-20/h4-7,12,15H,8-11,13-14H2,1-3H3,(H,21,22,23). The minimum Gasteiger partial charge on any atom is -0.350 e. The number of anilines is 1. The van der Waals surface area contributed by atoms with Gasteiger partial charge in [-0.3, -0.25) is 4.90 Å². The van der Waals surface area contributed by atoms with Crippen LogP contribution in [0.3, 0.4) is 0 Å². The number of hydrogen-bond donors (Lipinski definition) is 1. The molecule has 4 nitrogen and oxygen atoms in total. The Morgan fingerprint density at radius 1 is 1.04 bits per heavy atom. The highest BCUT2D eigenvalue weighted by Crippen LogP contribution is 2.20. The summed E-state index contributed by atoms with van der Waals surface area (Å²) in [6, 6.07) is 10.7. The quantitative estimate of drug-likeness (QED) is 0.904. The first-order valence-electron chi connectivity index (χ1n) is 8.95. The summed E-state index contributed by atoms with van der Waals surface area (Å²) in [4.78, 5) is 11.5. The molecule has 4 heteroatoms. The van der Waals surface area contributed by atoms with Gasteiger partial charge in [-0.05, 0) is 62.9 Å². The van der Waals surface area contributed by atoms with Gasteiger partial charge < -0.3 is 5.32 Å². The van der Waals surface area contributed by atoms with E-state index < -0.39 is 0 Å².